The number of halogens is 1. The van der Waals surface area contributed by atoms with Gasteiger partial charge in [-0.1, -0.05) is 18.2 Å². The third-order valence-electron chi connectivity index (χ3n) is 2.38. The maximum atomic E-state index is 11.8. The standard InChI is InChI=1S/C14H13BrN2OS/c15-12-6-1-2-7-13(12)17-14(18)9-19-11-5-3-4-10(16)8-11/h1-8H,9,16H2,(H,17,18). The van der Waals surface area contributed by atoms with Crippen molar-refractivity contribution in [2.45, 2.75) is 4.90 Å². The lowest BCUT2D eigenvalue weighted by Gasteiger charge is -2.07. The van der Waals surface area contributed by atoms with Crippen molar-refractivity contribution in [3.8, 4) is 0 Å². The number of benzene rings is 2. The highest BCUT2D eigenvalue weighted by Gasteiger charge is 2.05. The van der Waals surface area contributed by atoms with Crippen LogP contribution in [0.5, 0.6) is 0 Å². The van der Waals surface area contributed by atoms with Crippen LogP contribution in [-0.2, 0) is 4.79 Å². The highest BCUT2D eigenvalue weighted by molar-refractivity contribution is 9.10. The van der Waals surface area contributed by atoms with E-state index in [9.17, 15) is 4.79 Å². The fourth-order valence-corrected chi connectivity index (χ4v) is 2.65. The summed E-state index contributed by atoms with van der Waals surface area (Å²) < 4.78 is 0.873. The average molecular weight is 337 g/mol. The van der Waals surface area contributed by atoms with Gasteiger partial charge in [-0.05, 0) is 46.3 Å². The molecule has 0 aliphatic rings. The van der Waals surface area contributed by atoms with Gasteiger partial charge < -0.3 is 11.1 Å². The zero-order chi connectivity index (χ0) is 13.7. The molecule has 0 radical (unpaired) electrons. The van der Waals surface area contributed by atoms with Gasteiger partial charge in [0, 0.05) is 15.1 Å². The number of nitrogen functional groups attached to an aromatic ring is 1. The van der Waals surface area contributed by atoms with E-state index in [2.05, 4.69) is 21.2 Å². The minimum atomic E-state index is -0.0423. The van der Waals surface area contributed by atoms with E-state index in [1.54, 1.807) is 0 Å². The second kappa shape index (κ2) is 6.63. The summed E-state index contributed by atoms with van der Waals surface area (Å²) >= 11 is 4.85. The van der Waals surface area contributed by atoms with Crippen molar-refractivity contribution < 1.29 is 4.79 Å². The molecule has 0 fully saturated rings. The number of carbonyl (C=O) groups is 1. The van der Waals surface area contributed by atoms with E-state index in [0.29, 0.717) is 11.4 Å². The van der Waals surface area contributed by atoms with Crippen molar-refractivity contribution in [1.82, 2.24) is 0 Å². The molecule has 3 N–H and O–H groups in total. The molecule has 3 nitrogen and oxygen atoms in total. The summed E-state index contributed by atoms with van der Waals surface area (Å²) in [6, 6.07) is 15.0. The van der Waals surface area contributed by atoms with Crippen molar-refractivity contribution in [1.29, 1.82) is 0 Å². The van der Waals surface area contributed by atoms with Crippen LogP contribution in [0.25, 0.3) is 0 Å². The van der Waals surface area contributed by atoms with E-state index in [1.807, 2.05) is 48.5 Å². The van der Waals surface area contributed by atoms with Gasteiger partial charge in [0.05, 0.1) is 11.4 Å². The lowest BCUT2D eigenvalue weighted by Crippen LogP contribution is -2.14. The highest BCUT2D eigenvalue weighted by atomic mass is 79.9. The van der Waals surface area contributed by atoms with Crippen molar-refractivity contribution in [2.75, 3.05) is 16.8 Å². The Kier molecular flexibility index (Phi) is 4.87. The Labute approximate surface area is 124 Å². The second-order valence-electron chi connectivity index (χ2n) is 3.89. The van der Waals surface area contributed by atoms with Gasteiger partial charge in [0.2, 0.25) is 5.91 Å². The van der Waals surface area contributed by atoms with Crippen LogP contribution in [-0.4, -0.2) is 11.7 Å². The van der Waals surface area contributed by atoms with E-state index in [4.69, 9.17) is 5.73 Å². The van der Waals surface area contributed by atoms with Gasteiger partial charge in [-0.3, -0.25) is 4.79 Å². The number of nitrogens with two attached hydrogens (primary N) is 1. The van der Waals surface area contributed by atoms with Gasteiger partial charge in [0.15, 0.2) is 0 Å². The Bertz CT molecular complexity index is 589. The Balaban J connectivity index is 1.90. The first-order valence-corrected chi connectivity index (χ1v) is 7.46. The summed E-state index contributed by atoms with van der Waals surface area (Å²) in [5, 5.41) is 2.86. The fraction of sp³-hybridized carbons (Fsp3) is 0.0714. The molecule has 2 aromatic rings. The van der Waals surface area contributed by atoms with Crippen molar-refractivity contribution in [3.05, 3.63) is 53.0 Å². The van der Waals surface area contributed by atoms with Gasteiger partial charge >= 0.3 is 0 Å². The van der Waals surface area contributed by atoms with E-state index < -0.39 is 0 Å². The van der Waals surface area contributed by atoms with Crippen molar-refractivity contribution in [2.24, 2.45) is 0 Å². The maximum Gasteiger partial charge on any atom is 0.234 e. The van der Waals surface area contributed by atoms with Crippen LogP contribution in [0.2, 0.25) is 0 Å². The number of rotatable bonds is 4. The Morgan fingerprint density at radius 2 is 2.00 bits per heavy atom. The number of amides is 1. The van der Waals surface area contributed by atoms with Crippen molar-refractivity contribution in [3.63, 3.8) is 0 Å². The molecule has 0 bridgehead atoms. The molecule has 19 heavy (non-hydrogen) atoms. The van der Waals surface area contributed by atoms with Crippen LogP contribution in [0.1, 0.15) is 0 Å². The van der Waals surface area contributed by atoms with E-state index >= 15 is 0 Å². The number of thioether (sulfide) groups is 1. The minimum Gasteiger partial charge on any atom is -0.399 e. The van der Waals surface area contributed by atoms with Crippen LogP contribution >= 0.6 is 27.7 Å². The molecule has 1 amide bonds. The largest absolute Gasteiger partial charge is 0.399 e. The fourth-order valence-electron chi connectivity index (χ4n) is 1.50. The molecule has 0 aromatic heterocycles. The van der Waals surface area contributed by atoms with Gasteiger partial charge in [-0.2, -0.15) is 0 Å². The van der Waals surface area contributed by atoms with Crippen LogP contribution in [0, 0.1) is 0 Å². The molecular weight excluding hydrogens is 324 g/mol. The zero-order valence-electron chi connectivity index (χ0n) is 10.1. The number of para-hydroxylation sites is 1. The third-order valence-corrected chi connectivity index (χ3v) is 4.06. The monoisotopic (exact) mass is 336 g/mol. The molecule has 0 saturated heterocycles. The first-order valence-electron chi connectivity index (χ1n) is 5.68. The molecule has 2 rings (SSSR count). The summed E-state index contributed by atoms with van der Waals surface area (Å²) in [7, 11) is 0. The highest BCUT2D eigenvalue weighted by Crippen LogP contribution is 2.23. The number of hydrogen-bond acceptors (Lipinski definition) is 3. The first kappa shape index (κ1) is 14.0. The summed E-state index contributed by atoms with van der Waals surface area (Å²) in [4.78, 5) is 12.8. The second-order valence-corrected chi connectivity index (χ2v) is 5.79. The Hall–Kier alpha value is -1.46. The predicted octanol–water partition coefficient (Wildman–Crippen LogP) is 3.76. The lowest BCUT2D eigenvalue weighted by atomic mass is 10.3. The summed E-state index contributed by atoms with van der Waals surface area (Å²) in [5.74, 6) is 0.310. The summed E-state index contributed by atoms with van der Waals surface area (Å²) in [6.45, 7) is 0. The molecular formula is C14H13BrN2OS. The molecule has 2 aromatic carbocycles. The summed E-state index contributed by atoms with van der Waals surface area (Å²) in [5.41, 5.74) is 7.17. The number of anilines is 2. The minimum absolute atomic E-state index is 0.0423. The van der Waals surface area contributed by atoms with Crippen LogP contribution in [0.3, 0.4) is 0 Å². The molecule has 0 unspecified atom stereocenters. The number of carbonyl (C=O) groups excluding carboxylic acids is 1. The number of hydrogen-bond donors (Lipinski definition) is 2. The number of nitrogens with one attached hydrogen (secondary N) is 1. The quantitative estimate of drug-likeness (QED) is 0.660. The van der Waals surface area contributed by atoms with Gasteiger partial charge in [0.25, 0.3) is 0 Å². The van der Waals surface area contributed by atoms with E-state index in [0.717, 1.165) is 15.1 Å². The Morgan fingerprint density at radius 1 is 1.21 bits per heavy atom. The van der Waals surface area contributed by atoms with Gasteiger partial charge in [0.1, 0.15) is 0 Å². The zero-order valence-corrected chi connectivity index (χ0v) is 12.5. The summed E-state index contributed by atoms with van der Waals surface area (Å²) in [6.07, 6.45) is 0. The smallest absolute Gasteiger partial charge is 0.234 e. The van der Waals surface area contributed by atoms with Crippen molar-refractivity contribution >= 4 is 45.0 Å². The molecule has 0 saturated carbocycles. The molecule has 98 valence electrons. The maximum absolute atomic E-state index is 11.8. The van der Waals surface area contributed by atoms with E-state index in [1.165, 1.54) is 11.8 Å². The molecule has 5 heteroatoms. The molecule has 0 atom stereocenters. The normalized spacial score (nSPS) is 10.2. The van der Waals surface area contributed by atoms with E-state index in [-0.39, 0.29) is 5.91 Å². The van der Waals surface area contributed by atoms with Gasteiger partial charge in [-0.15, -0.1) is 11.8 Å². The topological polar surface area (TPSA) is 55.1 Å². The SMILES string of the molecule is Nc1cccc(SCC(=O)Nc2ccccc2Br)c1. The van der Waals surface area contributed by atoms with Gasteiger partial charge in [-0.25, -0.2) is 0 Å². The van der Waals surface area contributed by atoms with Crippen LogP contribution < -0.4 is 11.1 Å². The third kappa shape index (κ3) is 4.29. The first-order chi connectivity index (χ1) is 9.15. The Morgan fingerprint density at radius 3 is 2.74 bits per heavy atom. The molecule has 0 aliphatic heterocycles. The van der Waals surface area contributed by atoms with Crippen LogP contribution in [0.15, 0.2) is 57.9 Å². The average Bonchev–Trinajstić information content (AvgIpc) is 2.39. The molecule has 0 spiro atoms. The molecule has 0 heterocycles. The van der Waals surface area contributed by atoms with Crippen LogP contribution in [0.4, 0.5) is 11.4 Å². The predicted molar refractivity (Wildman–Crippen MR) is 84.4 cm³/mol. The lowest BCUT2D eigenvalue weighted by molar-refractivity contribution is -0.113. The molecule has 0 aliphatic carbocycles.